The number of ether oxygens (including phenoxy) is 1. The summed E-state index contributed by atoms with van der Waals surface area (Å²) in [4.78, 5) is 10.4. The summed E-state index contributed by atoms with van der Waals surface area (Å²) in [5.41, 5.74) is 0. The number of unbranched alkanes of at least 4 members (excludes halogenated alkanes) is 5. The van der Waals surface area contributed by atoms with Crippen LogP contribution in [-0.4, -0.2) is 23.3 Å². The summed E-state index contributed by atoms with van der Waals surface area (Å²) in [6.45, 7) is 2.15. The van der Waals surface area contributed by atoms with Crippen LogP contribution in [0.5, 0.6) is 0 Å². The van der Waals surface area contributed by atoms with Gasteiger partial charge in [-0.3, -0.25) is 4.79 Å². The quantitative estimate of drug-likeness (QED) is 0.299. The Morgan fingerprint density at radius 2 is 1.76 bits per heavy atom. The van der Waals surface area contributed by atoms with Crippen molar-refractivity contribution in [2.45, 2.75) is 83.3 Å². The molecule has 0 spiro atoms. The molecule has 1 N–H and O–H groups in total. The minimum Gasteiger partial charge on any atom is -0.481 e. The van der Waals surface area contributed by atoms with Gasteiger partial charge < -0.3 is 9.84 Å². The molecular formula is C18H30O3. The van der Waals surface area contributed by atoms with E-state index in [1.807, 2.05) is 0 Å². The molecule has 1 saturated heterocycles. The van der Waals surface area contributed by atoms with E-state index in [1.54, 1.807) is 0 Å². The number of hydrogen-bond donors (Lipinski definition) is 1. The van der Waals surface area contributed by atoms with Gasteiger partial charge in [-0.15, -0.1) is 0 Å². The topological polar surface area (TPSA) is 49.8 Å². The van der Waals surface area contributed by atoms with Crippen LogP contribution in [-0.2, 0) is 9.53 Å². The SMILES string of the molecule is CCC=CCC=CC1OC1CCCCCCCCC(=O)O. The van der Waals surface area contributed by atoms with E-state index in [1.165, 1.54) is 19.3 Å². The Hall–Kier alpha value is -1.09. The van der Waals surface area contributed by atoms with Crippen molar-refractivity contribution < 1.29 is 14.6 Å². The second kappa shape index (κ2) is 11.6. The first-order valence-electron chi connectivity index (χ1n) is 8.43. The lowest BCUT2D eigenvalue weighted by atomic mass is 10.1. The van der Waals surface area contributed by atoms with Gasteiger partial charge in [0.25, 0.3) is 0 Å². The molecule has 120 valence electrons. The number of carbonyl (C=O) groups is 1. The van der Waals surface area contributed by atoms with Gasteiger partial charge in [0.05, 0.1) is 6.10 Å². The Morgan fingerprint density at radius 3 is 2.48 bits per heavy atom. The van der Waals surface area contributed by atoms with Crippen molar-refractivity contribution in [1.29, 1.82) is 0 Å². The summed E-state index contributed by atoms with van der Waals surface area (Å²) in [6, 6.07) is 0. The third-order valence-corrected chi connectivity index (χ3v) is 3.75. The molecule has 1 rings (SSSR count). The normalized spacial score (nSPS) is 21.4. The molecule has 0 aromatic carbocycles. The average molecular weight is 294 g/mol. The van der Waals surface area contributed by atoms with E-state index in [4.69, 9.17) is 9.84 Å². The second-order valence-corrected chi connectivity index (χ2v) is 5.74. The van der Waals surface area contributed by atoms with Crippen LogP contribution in [0.2, 0.25) is 0 Å². The maximum atomic E-state index is 10.4. The van der Waals surface area contributed by atoms with E-state index >= 15 is 0 Å². The Morgan fingerprint density at radius 1 is 1.05 bits per heavy atom. The lowest BCUT2D eigenvalue weighted by Crippen LogP contribution is -1.94. The number of hydrogen-bond acceptors (Lipinski definition) is 2. The van der Waals surface area contributed by atoms with E-state index in [9.17, 15) is 4.79 Å². The number of aliphatic carboxylic acids is 1. The average Bonchev–Trinajstić information content (AvgIpc) is 3.20. The molecule has 1 aliphatic rings. The Kier molecular flexibility index (Phi) is 9.88. The maximum absolute atomic E-state index is 10.4. The first-order chi connectivity index (χ1) is 10.2. The molecular weight excluding hydrogens is 264 g/mol. The Balaban J connectivity index is 1.85. The molecule has 0 saturated carbocycles. The summed E-state index contributed by atoms with van der Waals surface area (Å²) in [5.74, 6) is -0.676. The highest BCUT2D eigenvalue weighted by atomic mass is 16.6. The van der Waals surface area contributed by atoms with Crippen molar-refractivity contribution in [2.24, 2.45) is 0 Å². The number of rotatable bonds is 13. The van der Waals surface area contributed by atoms with Crippen molar-refractivity contribution in [3.63, 3.8) is 0 Å². The lowest BCUT2D eigenvalue weighted by molar-refractivity contribution is -0.137. The fraction of sp³-hybridized carbons (Fsp3) is 0.722. The molecule has 3 heteroatoms. The predicted octanol–water partition coefficient (Wildman–Crippen LogP) is 4.87. The number of epoxide rings is 1. The Labute approximate surface area is 129 Å². The molecule has 0 aliphatic carbocycles. The van der Waals surface area contributed by atoms with Crippen molar-refractivity contribution in [3.8, 4) is 0 Å². The molecule has 2 unspecified atom stereocenters. The van der Waals surface area contributed by atoms with Crippen LogP contribution in [0.1, 0.15) is 71.1 Å². The van der Waals surface area contributed by atoms with Gasteiger partial charge in [0, 0.05) is 6.42 Å². The van der Waals surface area contributed by atoms with Crippen molar-refractivity contribution >= 4 is 5.97 Å². The molecule has 21 heavy (non-hydrogen) atoms. The molecule has 1 heterocycles. The van der Waals surface area contributed by atoms with Crippen LogP contribution in [0.4, 0.5) is 0 Å². The summed E-state index contributed by atoms with van der Waals surface area (Å²) in [6.07, 6.45) is 19.9. The first-order valence-corrected chi connectivity index (χ1v) is 8.43. The highest BCUT2D eigenvalue weighted by molar-refractivity contribution is 5.66. The first kappa shape index (κ1) is 18.0. The standard InChI is InChI=1S/C18H30O3/c1-2-3-4-7-10-13-16-17(21-16)14-11-8-5-6-9-12-15-18(19)20/h3-4,10,13,16-17H,2,5-9,11-12,14-15H2,1H3,(H,19,20). The minimum atomic E-state index is -0.676. The van der Waals surface area contributed by atoms with Crippen LogP contribution >= 0.6 is 0 Å². The van der Waals surface area contributed by atoms with E-state index in [-0.39, 0.29) is 0 Å². The smallest absolute Gasteiger partial charge is 0.303 e. The fourth-order valence-electron chi connectivity index (χ4n) is 2.44. The summed E-state index contributed by atoms with van der Waals surface area (Å²) < 4.78 is 5.62. The van der Waals surface area contributed by atoms with Crippen LogP contribution in [0.25, 0.3) is 0 Å². The van der Waals surface area contributed by atoms with E-state index in [0.29, 0.717) is 18.6 Å². The van der Waals surface area contributed by atoms with Gasteiger partial charge in [0.2, 0.25) is 0 Å². The lowest BCUT2D eigenvalue weighted by Gasteiger charge is -1.99. The van der Waals surface area contributed by atoms with Crippen LogP contribution < -0.4 is 0 Å². The molecule has 2 atom stereocenters. The van der Waals surface area contributed by atoms with E-state index < -0.39 is 5.97 Å². The number of carboxylic acid groups (broad SMARTS) is 1. The molecule has 0 aromatic heterocycles. The van der Waals surface area contributed by atoms with Gasteiger partial charge in [-0.1, -0.05) is 63.3 Å². The van der Waals surface area contributed by atoms with Gasteiger partial charge in [-0.2, -0.15) is 0 Å². The third kappa shape index (κ3) is 10.3. The number of carboxylic acids is 1. The molecule has 0 radical (unpaired) electrons. The largest absolute Gasteiger partial charge is 0.481 e. The van der Waals surface area contributed by atoms with E-state index in [2.05, 4.69) is 31.2 Å². The molecule has 1 fully saturated rings. The molecule has 0 bridgehead atoms. The molecule has 0 amide bonds. The maximum Gasteiger partial charge on any atom is 0.303 e. The summed E-state index contributed by atoms with van der Waals surface area (Å²) in [5, 5.41) is 8.53. The monoisotopic (exact) mass is 294 g/mol. The molecule has 0 aromatic rings. The zero-order chi connectivity index (χ0) is 15.3. The fourth-order valence-corrected chi connectivity index (χ4v) is 2.44. The molecule has 3 nitrogen and oxygen atoms in total. The van der Waals surface area contributed by atoms with Crippen molar-refractivity contribution in [3.05, 3.63) is 24.3 Å². The van der Waals surface area contributed by atoms with Gasteiger partial charge in [-0.05, 0) is 25.7 Å². The van der Waals surface area contributed by atoms with Gasteiger partial charge in [0.15, 0.2) is 0 Å². The van der Waals surface area contributed by atoms with Crippen molar-refractivity contribution in [1.82, 2.24) is 0 Å². The van der Waals surface area contributed by atoms with Crippen LogP contribution in [0.15, 0.2) is 24.3 Å². The predicted molar refractivity (Wildman–Crippen MR) is 86.4 cm³/mol. The summed E-state index contributed by atoms with van der Waals surface area (Å²) >= 11 is 0. The second-order valence-electron chi connectivity index (χ2n) is 5.74. The van der Waals surface area contributed by atoms with Crippen LogP contribution in [0.3, 0.4) is 0 Å². The highest BCUT2D eigenvalue weighted by Gasteiger charge is 2.35. The van der Waals surface area contributed by atoms with Crippen LogP contribution in [0, 0.1) is 0 Å². The third-order valence-electron chi connectivity index (χ3n) is 3.75. The van der Waals surface area contributed by atoms with Gasteiger partial charge >= 0.3 is 5.97 Å². The molecule has 1 aliphatic heterocycles. The van der Waals surface area contributed by atoms with Gasteiger partial charge in [-0.25, -0.2) is 0 Å². The minimum absolute atomic E-state index is 0.317. The van der Waals surface area contributed by atoms with Gasteiger partial charge in [0.1, 0.15) is 6.10 Å². The zero-order valence-corrected chi connectivity index (χ0v) is 13.3. The van der Waals surface area contributed by atoms with E-state index in [0.717, 1.165) is 38.5 Å². The summed E-state index contributed by atoms with van der Waals surface area (Å²) in [7, 11) is 0. The highest BCUT2D eigenvalue weighted by Crippen LogP contribution is 2.28. The zero-order valence-electron chi connectivity index (χ0n) is 13.3. The Bertz CT molecular complexity index is 333. The van der Waals surface area contributed by atoms with Crippen molar-refractivity contribution in [2.75, 3.05) is 0 Å². The number of allylic oxidation sites excluding steroid dienone is 3.